The van der Waals surface area contributed by atoms with E-state index in [4.69, 9.17) is 27.9 Å². The first-order valence-corrected chi connectivity index (χ1v) is 10.1. The van der Waals surface area contributed by atoms with Gasteiger partial charge in [0.1, 0.15) is 5.75 Å². The topological polar surface area (TPSA) is 45.1 Å². The van der Waals surface area contributed by atoms with Gasteiger partial charge in [0.15, 0.2) is 17.8 Å². The second-order valence-electron chi connectivity index (χ2n) is 6.77. The van der Waals surface area contributed by atoms with Crippen molar-refractivity contribution in [3.63, 3.8) is 0 Å². The Bertz CT molecular complexity index is 1100. The highest BCUT2D eigenvalue weighted by molar-refractivity contribution is 6.44. The number of anilines is 2. The number of carbonyl (C=O) groups excluding carboxylic acids is 1. The number of Topliss-reactive ketones (excluding diaryl/α,β-unsaturated/α-hetero) is 1. The van der Waals surface area contributed by atoms with Crippen LogP contribution in [0, 0.1) is 0 Å². The van der Waals surface area contributed by atoms with Crippen molar-refractivity contribution in [2.24, 2.45) is 5.10 Å². The highest BCUT2D eigenvalue weighted by atomic mass is 35.5. The van der Waals surface area contributed by atoms with E-state index in [2.05, 4.69) is 5.10 Å². The summed E-state index contributed by atoms with van der Waals surface area (Å²) in [6.45, 7) is 1.50. The Hall–Kier alpha value is -3.02. The molecule has 1 atom stereocenters. The molecule has 0 fully saturated rings. The Morgan fingerprint density at radius 3 is 2.23 bits per heavy atom. The lowest BCUT2D eigenvalue weighted by Gasteiger charge is -2.32. The summed E-state index contributed by atoms with van der Waals surface area (Å²) in [5.41, 5.74) is 2.52. The number of carbonyl (C=O) groups is 1. The number of hydrogen-bond donors (Lipinski definition) is 0. The molecule has 0 unspecified atom stereocenters. The lowest BCUT2D eigenvalue weighted by Crippen LogP contribution is -2.37. The van der Waals surface area contributed by atoms with Gasteiger partial charge in [0.05, 0.1) is 17.8 Å². The fourth-order valence-electron chi connectivity index (χ4n) is 3.45. The van der Waals surface area contributed by atoms with E-state index >= 15 is 0 Å². The minimum atomic E-state index is -0.379. The number of methoxy groups -OCH3 is 1. The average molecular weight is 440 g/mol. The van der Waals surface area contributed by atoms with Crippen LogP contribution in [-0.2, 0) is 4.79 Å². The number of hydrazone groups is 1. The zero-order valence-corrected chi connectivity index (χ0v) is 17.9. The summed E-state index contributed by atoms with van der Waals surface area (Å²) >= 11 is 12.5. The van der Waals surface area contributed by atoms with E-state index in [0.717, 1.165) is 16.9 Å². The van der Waals surface area contributed by atoms with Crippen molar-refractivity contribution in [1.82, 2.24) is 0 Å². The van der Waals surface area contributed by atoms with E-state index in [9.17, 15) is 4.79 Å². The van der Waals surface area contributed by atoms with Crippen LogP contribution in [0.15, 0.2) is 77.9 Å². The van der Waals surface area contributed by atoms with Crippen molar-refractivity contribution in [3.05, 3.63) is 88.4 Å². The van der Waals surface area contributed by atoms with Crippen LogP contribution in [-0.4, -0.2) is 18.7 Å². The molecular formula is C23H19Cl2N3O2. The van der Waals surface area contributed by atoms with Crippen molar-refractivity contribution < 1.29 is 9.53 Å². The summed E-state index contributed by atoms with van der Waals surface area (Å²) in [6.07, 6.45) is -0.379. The molecule has 0 aliphatic carbocycles. The molecule has 4 rings (SSSR count). The number of rotatable bonds is 5. The Labute approximate surface area is 185 Å². The van der Waals surface area contributed by atoms with Gasteiger partial charge in [0, 0.05) is 17.6 Å². The minimum absolute atomic E-state index is 0.153. The van der Waals surface area contributed by atoms with Crippen LogP contribution in [0.25, 0.3) is 0 Å². The summed E-state index contributed by atoms with van der Waals surface area (Å²) in [6, 6.07) is 22.7. The van der Waals surface area contributed by atoms with E-state index in [0.29, 0.717) is 21.6 Å². The molecule has 1 heterocycles. The summed E-state index contributed by atoms with van der Waals surface area (Å²) < 4.78 is 5.28. The van der Waals surface area contributed by atoms with Crippen molar-refractivity contribution in [1.29, 1.82) is 0 Å². The Morgan fingerprint density at radius 1 is 0.967 bits per heavy atom. The van der Waals surface area contributed by atoms with Gasteiger partial charge < -0.3 is 4.74 Å². The Morgan fingerprint density at radius 2 is 1.63 bits per heavy atom. The van der Waals surface area contributed by atoms with E-state index in [1.165, 1.54) is 6.92 Å². The van der Waals surface area contributed by atoms with Crippen LogP contribution in [0.1, 0.15) is 18.7 Å². The molecule has 7 heteroatoms. The van der Waals surface area contributed by atoms with Crippen molar-refractivity contribution in [2.45, 2.75) is 13.1 Å². The molecule has 3 aromatic carbocycles. The average Bonchev–Trinajstić information content (AvgIpc) is 3.16. The Balaban J connectivity index is 1.89. The molecule has 152 valence electrons. The van der Waals surface area contributed by atoms with Gasteiger partial charge in [0.2, 0.25) is 0 Å². The van der Waals surface area contributed by atoms with Crippen molar-refractivity contribution in [3.8, 4) is 5.75 Å². The van der Waals surface area contributed by atoms with Gasteiger partial charge in [-0.2, -0.15) is 0 Å². The lowest BCUT2D eigenvalue weighted by molar-refractivity contribution is -0.111. The van der Waals surface area contributed by atoms with Crippen LogP contribution < -0.4 is 14.6 Å². The minimum Gasteiger partial charge on any atom is -0.495 e. The van der Waals surface area contributed by atoms with Crippen LogP contribution in [0.4, 0.5) is 11.4 Å². The number of nitrogens with zero attached hydrogens (tertiary/aromatic N) is 3. The maximum atomic E-state index is 12.6. The second-order valence-corrected chi connectivity index (χ2v) is 7.62. The van der Waals surface area contributed by atoms with E-state index in [1.807, 2.05) is 58.4 Å². The summed E-state index contributed by atoms with van der Waals surface area (Å²) in [4.78, 5) is 14.5. The van der Waals surface area contributed by atoms with E-state index in [1.54, 1.807) is 31.4 Å². The maximum Gasteiger partial charge on any atom is 0.198 e. The first-order chi connectivity index (χ1) is 14.5. The first-order valence-electron chi connectivity index (χ1n) is 9.31. The van der Waals surface area contributed by atoms with Crippen LogP contribution in [0.5, 0.6) is 5.75 Å². The molecule has 0 radical (unpaired) electrons. The van der Waals surface area contributed by atoms with E-state index < -0.39 is 0 Å². The number of hydrogen-bond acceptors (Lipinski definition) is 5. The zero-order chi connectivity index (χ0) is 21.3. The number of halogens is 2. The normalized spacial score (nSPS) is 15.9. The molecule has 30 heavy (non-hydrogen) atoms. The summed E-state index contributed by atoms with van der Waals surface area (Å²) in [7, 11) is 1.56. The molecular weight excluding hydrogens is 421 g/mol. The predicted molar refractivity (Wildman–Crippen MR) is 122 cm³/mol. The maximum absolute atomic E-state index is 12.6. The highest BCUT2D eigenvalue weighted by Crippen LogP contribution is 2.41. The molecule has 0 saturated carbocycles. The number of benzene rings is 3. The third-order valence-electron chi connectivity index (χ3n) is 4.82. The molecule has 0 aromatic heterocycles. The SMILES string of the molecule is COc1ccc(N2C(C(C)=O)=NN(c3ccc(Cl)cc3)[C@H]2c2ccccc2)cc1Cl. The second kappa shape index (κ2) is 8.38. The number of amidine groups is 1. The smallest absolute Gasteiger partial charge is 0.198 e. The number of ketones is 1. The summed E-state index contributed by atoms with van der Waals surface area (Å²) in [5, 5.41) is 7.59. The largest absolute Gasteiger partial charge is 0.495 e. The fourth-order valence-corrected chi connectivity index (χ4v) is 3.82. The molecule has 1 aliphatic rings. The zero-order valence-electron chi connectivity index (χ0n) is 16.4. The molecule has 0 spiro atoms. The predicted octanol–water partition coefficient (Wildman–Crippen LogP) is 5.93. The molecule has 5 nitrogen and oxygen atoms in total. The monoisotopic (exact) mass is 439 g/mol. The quantitative estimate of drug-likeness (QED) is 0.494. The van der Waals surface area contributed by atoms with Gasteiger partial charge in [-0.15, -0.1) is 5.10 Å². The third-order valence-corrected chi connectivity index (χ3v) is 5.37. The lowest BCUT2D eigenvalue weighted by atomic mass is 10.1. The third kappa shape index (κ3) is 3.74. The Kier molecular flexibility index (Phi) is 5.66. The molecule has 0 N–H and O–H groups in total. The van der Waals surface area contributed by atoms with E-state index in [-0.39, 0.29) is 11.9 Å². The highest BCUT2D eigenvalue weighted by Gasteiger charge is 2.39. The molecule has 0 bridgehead atoms. The van der Waals surface area contributed by atoms with Crippen LogP contribution in [0.2, 0.25) is 10.0 Å². The standard InChI is InChI=1S/C23H19Cl2N3O2/c1-15(29)22-26-28(18-10-8-17(24)9-11-18)23(16-6-4-3-5-7-16)27(22)19-12-13-21(30-2)20(25)14-19/h3-14,23H,1-2H3/t23-/m0/s1. The summed E-state index contributed by atoms with van der Waals surface area (Å²) in [5.74, 6) is 0.728. The molecule has 1 aliphatic heterocycles. The van der Waals surface area contributed by atoms with Gasteiger partial charge in [0.25, 0.3) is 0 Å². The fraction of sp³-hybridized carbons (Fsp3) is 0.130. The van der Waals surface area contributed by atoms with Gasteiger partial charge in [-0.3, -0.25) is 9.69 Å². The van der Waals surface area contributed by atoms with Gasteiger partial charge >= 0.3 is 0 Å². The van der Waals surface area contributed by atoms with Gasteiger partial charge in [-0.05, 0) is 48.0 Å². The molecule has 3 aromatic rings. The van der Waals surface area contributed by atoms with Gasteiger partial charge in [-0.1, -0.05) is 53.5 Å². The molecule has 0 saturated heterocycles. The van der Waals surface area contributed by atoms with Crippen LogP contribution in [0.3, 0.4) is 0 Å². The van der Waals surface area contributed by atoms with Crippen molar-refractivity contribution in [2.75, 3.05) is 17.0 Å². The number of ether oxygens (including phenoxy) is 1. The van der Waals surface area contributed by atoms with Crippen molar-refractivity contribution >= 4 is 46.2 Å². The van der Waals surface area contributed by atoms with Crippen LogP contribution >= 0.6 is 23.2 Å². The molecule has 0 amide bonds. The first kappa shape index (κ1) is 20.3. The van der Waals surface area contributed by atoms with Gasteiger partial charge in [-0.25, -0.2) is 5.01 Å².